The van der Waals surface area contributed by atoms with E-state index in [-0.39, 0.29) is 6.04 Å². The van der Waals surface area contributed by atoms with Crippen molar-refractivity contribution in [3.05, 3.63) is 65.7 Å². The van der Waals surface area contributed by atoms with Gasteiger partial charge in [-0.05, 0) is 18.6 Å². The summed E-state index contributed by atoms with van der Waals surface area (Å²) < 4.78 is 5.85. The molecule has 4 heteroatoms. The van der Waals surface area contributed by atoms with Crippen LogP contribution in [0.3, 0.4) is 0 Å². The van der Waals surface area contributed by atoms with Crippen LogP contribution in [0.2, 0.25) is 0 Å². The van der Waals surface area contributed by atoms with Crippen LogP contribution in [0, 0.1) is 5.92 Å². The number of ether oxygens (including phenoxy) is 1. The lowest BCUT2D eigenvalue weighted by Gasteiger charge is -2.34. The number of rotatable bonds is 5. The minimum atomic E-state index is 0.205. The first-order chi connectivity index (χ1) is 12.3. The van der Waals surface area contributed by atoms with E-state index in [1.54, 1.807) is 0 Å². The Hall–Kier alpha value is -2.33. The zero-order valence-corrected chi connectivity index (χ0v) is 14.7. The number of piperidine rings is 1. The maximum atomic E-state index is 5.85. The molecule has 4 rings (SSSR count). The molecule has 0 aromatic heterocycles. The van der Waals surface area contributed by atoms with Crippen LogP contribution >= 0.6 is 0 Å². The molecule has 0 amide bonds. The highest BCUT2D eigenvalue weighted by Crippen LogP contribution is 2.37. The van der Waals surface area contributed by atoms with Gasteiger partial charge in [0.05, 0.1) is 12.6 Å². The molecule has 0 bridgehead atoms. The Balaban J connectivity index is 1.51. The van der Waals surface area contributed by atoms with E-state index in [0.29, 0.717) is 12.5 Å². The van der Waals surface area contributed by atoms with Crippen LogP contribution in [0.15, 0.2) is 59.7 Å². The van der Waals surface area contributed by atoms with Crippen molar-refractivity contribution in [1.82, 2.24) is 10.3 Å². The lowest BCUT2D eigenvalue weighted by Crippen LogP contribution is -2.41. The third-order valence-corrected chi connectivity index (χ3v) is 5.12. The van der Waals surface area contributed by atoms with Crippen molar-refractivity contribution < 1.29 is 4.74 Å². The summed E-state index contributed by atoms with van der Waals surface area (Å²) in [7, 11) is 0. The van der Waals surface area contributed by atoms with Crippen LogP contribution in [0.5, 0.6) is 5.75 Å². The molecule has 2 atom stereocenters. The second-order valence-electron chi connectivity index (χ2n) is 6.76. The Kier molecular flexibility index (Phi) is 4.70. The van der Waals surface area contributed by atoms with Crippen LogP contribution in [0.4, 0.5) is 0 Å². The summed E-state index contributed by atoms with van der Waals surface area (Å²) in [6.07, 6.45) is 1.04. The number of hydrogen-bond donors (Lipinski definition) is 1. The Bertz CT molecular complexity index is 744. The standard InChI is InChI=1S/C21H25N3O/c1-2-25-20-11-7-6-10-17(20)21-18-15-24(13-12-19(18)22-23-21)14-16-8-4-3-5-9-16/h3-11,18,21,23H,2,12-15H2,1H3. The second-order valence-corrected chi connectivity index (χ2v) is 6.76. The molecule has 1 N–H and O–H groups in total. The lowest BCUT2D eigenvalue weighted by molar-refractivity contribution is 0.218. The molecule has 2 aromatic carbocycles. The minimum absolute atomic E-state index is 0.205. The number of hydrazone groups is 1. The van der Waals surface area contributed by atoms with Crippen LogP contribution < -0.4 is 10.2 Å². The van der Waals surface area contributed by atoms with Gasteiger partial charge in [0.15, 0.2) is 0 Å². The molecule has 2 aliphatic heterocycles. The third-order valence-electron chi connectivity index (χ3n) is 5.12. The van der Waals surface area contributed by atoms with Gasteiger partial charge in [0, 0.05) is 43.2 Å². The van der Waals surface area contributed by atoms with E-state index in [1.807, 2.05) is 13.0 Å². The highest BCUT2D eigenvalue weighted by atomic mass is 16.5. The number of nitrogens with zero attached hydrogens (tertiary/aromatic N) is 2. The second kappa shape index (κ2) is 7.28. The van der Waals surface area contributed by atoms with E-state index in [4.69, 9.17) is 4.74 Å². The topological polar surface area (TPSA) is 36.9 Å². The molecule has 2 aliphatic rings. The summed E-state index contributed by atoms with van der Waals surface area (Å²) in [6, 6.07) is 19.3. The van der Waals surface area contributed by atoms with Crippen molar-refractivity contribution in [2.75, 3.05) is 19.7 Å². The van der Waals surface area contributed by atoms with E-state index < -0.39 is 0 Å². The summed E-state index contributed by atoms with van der Waals surface area (Å²) in [5, 5.41) is 4.64. The van der Waals surface area contributed by atoms with Crippen molar-refractivity contribution in [1.29, 1.82) is 0 Å². The molecular weight excluding hydrogens is 310 g/mol. The molecule has 2 aromatic rings. The van der Waals surface area contributed by atoms with Crippen molar-refractivity contribution in [3.8, 4) is 5.75 Å². The summed E-state index contributed by atoms with van der Waals surface area (Å²) in [5.41, 5.74) is 7.28. The van der Waals surface area contributed by atoms with E-state index in [9.17, 15) is 0 Å². The van der Waals surface area contributed by atoms with Gasteiger partial charge >= 0.3 is 0 Å². The molecule has 1 saturated heterocycles. The summed E-state index contributed by atoms with van der Waals surface area (Å²) >= 11 is 0. The number of likely N-dealkylation sites (tertiary alicyclic amines) is 1. The monoisotopic (exact) mass is 335 g/mol. The van der Waals surface area contributed by atoms with Crippen molar-refractivity contribution in [2.45, 2.75) is 25.9 Å². The molecular formula is C21H25N3O. The summed E-state index contributed by atoms with van der Waals surface area (Å²) in [5.74, 6) is 1.39. The van der Waals surface area contributed by atoms with Crippen molar-refractivity contribution in [2.24, 2.45) is 11.0 Å². The van der Waals surface area contributed by atoms with Crippen LogP contribution in [-0.4, -0.2) is 30.3 Å². The van der Waals surface area contributed by atoms with Crippen molar-refractivity contribution in [3.63, 3.8) is 0 Å². The molecule has 2 unspecified atom stereocenters. The molecule has 130 valence electrons. The zero-order valence-electron chi connectivity index (χ0n) is 14.7. The highest BCUT2D eigenvalue weighted by molar-refractivity contribution is 5.90. The first-order valence-corrected chi connectivity index (χ1v) is 9.15. The van der Waals surface area contributed by atoms with Gasteiger partial charge in [-0.2, -0.15) is 5.10 Å². The predicted molar refractivity (Wildman–Crippen MR) is 101 cm³/mol. The largest absolute Gasteiger partial charge is 0.494 e. The molecule has 25 heavy (non-hydrogen) atoms. The van der Waals surface area contributed by atoms with Gasteiger partial charge in [-0.25, -0.2) is 0 Å². The van der Waals surface area contributed by atoms with E-state index >= 15 is 0 Å². The number of fused-ring (bicyclic) bond motifs is 1. The number of benzene rings is 2. The maximum Gasteiger partial charge on any atom is 0.124 e. The number of nitrogens with one attached hydrogen (secondary N) is 1. The first-order valence-electron chi connectivity index (χ1n) is 9.15. The molecule has 0 spiro atoms. The van der Waals surface area contributed by atoms with Gasteiger partial charge in [0.1, 0.15) is 5.75 Å². The molecule has 2 heterocycles. The van der Waals surface area contributed by atoms with Gasteiger partial charge in [0.2, 0.25) is 0 Å². The Labute approximate surface area is 149 Å². The normalized spacial score (nSPS) is 22.8. The molecule has 0 aliphatic carbocycles. The smallest absolute Gasteiger partial charge is 0.124 e. The molecule has 1 fully saturated rings. The SMILES string of the molecule is CCOc1ccccc1C1NN=C2CCN(Cc3ccccc3)CC21. The summed E-state index contributed by atoms with van der Waals surface area (Å²) in [6.45, 7) is 5.83. The van der Waals surface area contributed by atoms with Gasteiger partial charge in [-0.1, -0.05) is 48.5 Å². The van der Waals surface area contributed by atoms with Gasteiger partial charge in [-0.15, -0.1) is 0 Å². The number of hydrogen-bond acceptors (Lipinski definition) is 4. The lowest BCUT2D eigenvalue weighted by atomic mass is 9.86. The highest BCUT2D eigenvalue weighted by Gasteiger charge is 2.38. The molecule has 0 radical (unpaired) electrons. The molecule has 4 nitrogen and oxygen atoms in total. The maximum absolute atomic E-state index is 5.85. The Morgan fingerprint density at radius 3 is 2.76 bits per heavy atom. The Morgan fingerprint density at radius 1 is 1.12 bits per heavy atom. The fraction of sp³-hybridized carbons (Fsp3) is 0.381. The van der Waals surface area contributed by atoms with Gasteiger partial charge in [0.25, 0.3) is 0 Å². The fourth-order valence-electron chi connectivity index (χ4n) is 3.91. The van der Waals surface area contributed by atoms with E-state index in [0.717, 1.165) is 31.8 Å². The quantitative estimate of drug-likeness (QED) is 0.907. The molecule has 0 saturated carbocycles. The van der Waals surface area contributed by atoms with Crippen LogP contribution in [-0.2, 0) is 6.54 Å². The zero-order chi connectivity index (χ0) is 17.1. The van der Waals surface area contributed by atoms with Crippen LogP contribution in [0.25, 0.3) is 0 Å². The van der Waals surface area contributed by atoms with Crippen molar-refractivity contribution >= 4 is 5.71 Å². The average Bonchev–Trinajstić information content (AvgIpc) is 3.06. The van der Waals surface area contributed by atoms with Gasteiger partial charge in [-0.3, -0.25) is 4.90 Å². The third kappa shape index (κ3) is 3.40. The number of para-hydroxylation sites is 1. The van der Waals surface area contributed by atoms with Crippen LogP contribution in [0.1, 0.15) is 30.5 Å². The van der Waals surface area contributed by atoms with Gasteiger partial charge < -0.3 is 10.2 Å². The summed E-state index contributed by atoms with van der Waals surface area (Å²) in [4.78, 5) is 2.54. The van der Waals surface area contributed by atoms with E-state index in [2.05, 4.69) is 64.0 Å². The first kappa shape index (κ1) is 16.2. The predicted octanol–water partition coefficient (Wildman–Crippen LogP) is 3.61. The van der Waals surface area contributed by atoms with E-state index in [1.165, 1.54) is 16.8 Å². The fourth-order valence-corrected chi connectivity index (χ4v) is 3.91. The Morgan fingerprint density at radius 2 is 1.92 bits per heavy atom. The average molecular weight is 335 g/mol. The minimum Gasteiger partial charge on any atom is -0.494 e.